The zero-order chi connectivity index (χ0) is 69.1. The maximum Gasteiger partial charge on any atom is 0.252 e. The molecular formula is C98H79BN2Si. The Morgan fingerprint density at radius 2 is 0.510 bits per heavy atom. The van der Waals surface area contributed by atoms with Crippen molar-refractivity contribution in [3.05, 3.63) is 381 Å². The monoisotopic (exact) mass is 1320 g/mol. The summed E-state index contributed by atoms with van der Waals surface area (Å²) in [7, 11) is -2.84. The molecule has 15 aromatic carbocycles. The van der Waals surface area contributed by atoms with Gasteiger partial charge in [0, 0.05) is 45.0 Å². The third-order valence-electron chi connectivity index (χ3n) is 21.3. The molecule has 488 valence electrons. The standard InChI is InChI=1S/C98H79BN2Si/c1-97(2,3)78-55-59-91-89(65-78)99-88-64-75(70-52-56-83(57-53-70)102(80-46-28-13-29-47-80,81-48-30-14-31-49-81)82-50-32-15-33-51-82)54-58-90(88)100(95-84(71-38-20-9-21-39-71)60-76(68-34-16-7-17-35-68)61-85(95)72-40-22-10-23-41-72)92-66-79(98(4,5)6)67-93(94(92)99)101(91)96-86(73-42-24-11-25-43-73)62-77(69-36-18-8-19-37-69)63-87(96)74-44-26-12-27-45-74/h7-67H,1-6H3. The first-order chi connectivity index (χ1) is 49.9. The minimum absolute atomic E-state index is 0.179. The van der Waals surface area contributed by atoms with Gasteiger partial charge in [-0.25, -0.2) is 0 Å². The lowest BCUT2D eigenvalue weighted by atomic mass is 9.33. The van der Waals surface area contributed by atoms with Crippen LogP contribution in [-0.2, 0) is 10.8 Å². The smallest absolute Gasteiger partial charge is 0.252 e. The maximum atomic E-state index is 2.71. The summed E-state index contributed by atoms with van der Waals surface area (Å²) < 4.78 is 0. The number of anilines is 6. The summed E-state index contributed by atoms with van der Waals surface area (Å²) in [5, 5.41) is 5.40. The molecule has 17 rings (SSSR count). The SMILES string of the molecule is CC(C)(C)c1ccc2c(c1)B1c3cc(-c4ccc([Si](c5ccccc5)(c5ccccc5)c5ccccc5)cc4)ccc3N(c3c(-c4ccccc4)cc(-c4ccccc4)cc3-c3ccccc3)c3cc(C(C)(C)C)cc(c31)N2c1c(-c2ccccc2)cc(-c2ccccc2)cc1-c1ccccc1. The van der Waals surface area contributed by atoms with Crippen LogP contribution in [0.25, 0.3) is 77.9 Å². The molecule has 2 aliphatic rings. The zero-order valence-corrected chi connectivity index (χ0v) is 59.7. The molecule has 0 saturated carbocycles. The van der Waals surface area contributed by atoms with Gasteiger partial charge in [-0.05, 0) is 163 Å². The van der Waals surface area contributed by atoms with Gasteiger partial charge < -0.3 is 9.80 Å². The van der Waals surface area contributed by atoms with Crippen molar-refractivity contribution in [2.75, 3.05) is 9.80 Å². The molecule has 0 aliphatic carbocycles. The molecule has 0 spiro atoms. The molecule has 0 amide bonds. The van der Waals surface area contributed by atoms with Gasteiger partial charge in [-0.15, -0.1) is 0 Å². The minimum Gasteiger partial charge on any atom is -0.310 e. The molecule has 0 bridgehead atoms. The van der Waals surface area contributed by atoms with E-state index in [-0.39, 0.29) is 17.5 Å². The van der Waals surface area contributed by atoms with Crippen molar-refractivity contribution in [2.24, 2.45) is 0 Å². The molecule has 2 aliphatic heterocycles. The quantitative estimate of drug-likeness (QED) is 0.0838. The van der Waals surface area contributed by atoms with Gasteiger partial charge in [0.05, 0.1) is 11.4 Å². The van der Waals surface area contributed by atoms with Crippen LogP contribution in [0.15, 0.2) is 370 Å². The van der Waals surface area contributed by atoms with Crippen LogP contribution in [0, 0.1) is 0 Å². The Bertz CT molecular complexity index is 5310. The highest BCUT2D eigenvalue weighted by Gasteiger charge is 2.47. The van der Waals surface area contributed by atoms with Crippen molar-refractivity contribution < 1.29 is 0 Å². The third kappa shape index (κ3) is 11.2. The average Bonchev–Trinajstić information content (AvgIpc) is 0.685. The van der Waals surface area contributed by atoms with Crippen LogP contribution in [-0.4, -0.2) is 14.8 Å². The Balaban J connectivity index is 1.00. The first kappa shape index (κ1) is 63.6. The Hall–Kier alpha value is -11.8. The second kappa shape index (κ2) is 26.0. The lowest BCUT2D eigenvalue weighted by Gasteiger charge is -2.47. The van der Waals surface area contributed by atoms with E-state index in [0.717, 1.165) is 84.1 Å². The second-order valence-corrected chi connectivity index (χ2v) is 33.4. The average molecular weight is 1320 g/mol. The van der Waals surface area contributed by atoms with Crippen molar-refractivity contribution in [3.8, 4) is 77.9 Å². The lowest BCUT2D eigenvalue weighted by Crippen LogP contribution is -2.74. The van der Waals surface area contributed by atoms with Gasteiger partial charge >= 0.3 is 0 Å². The molecule has 0 unspecified atom stereocenters. The van der Waals surface area contributed by atoms with Crippen molar-refractivity contribution in [3.63, 3.8) is 0 Å². The van der Waals surface area contributed by atoms with Crippen LogP contribution in [0.2, 0.25) is 0 Å². The molecule has 15 aromatic rings. The Kier molecular flexibility index (Phi) is 16.2. The Labute approximate surface area is 603 Å². The molecule has 0 N–H and O–H groups in total. The van der Waals surface area contributed by atoms with E-state index < -0.39 is 8.07 Å². The molecule has 0 saturated heterocycles. The highest BCUT2D eigenvalue weighted by molar-refractivity contribution is 7.20. The minimum atomic E-state index is -2.84. The fourth-order valence-electron chi connectivity index (χ4n) is 16.2. The highest BCUT2D eigenvalue weighted by atomic mass is 28.3. The zero-order valence-electron chi connectivity index (χ0n) is 58.7. The van der Waals surface area contributed by atoms with E-state index in [1.807, 2.05) is 0 Å². The first-order valence-corrected chi connectivity index (χ1v) is 37.9. The van der Waals surface area contributed by atoms with E-state index in [4.69, 9.17) is 0 Å². The molecule has 4 heteroatoms. The summed E-state index contributed by atoms with van der Waals surface area (Å²) in [5.74, 6) is 0. The summed E-state index contributed by atoms with van der Waals surface area (Å²) >= 11 is 0. The van der Waals surface area contributed by atoms with Crippen LogP contribution in [0.4, 0.5) is 34.1 Å². The summed E-state index contributed by atoms with van der Waals surface area (Å²) in [4.78, 5) is 5.41. The Morgan fingerprint density at radius 1 is 0.225 bits per heavy atom. The molecule has 102 heavy (non-hydrogen) atoms. The Morgan fingerprint density at radius 3 is 0.853 bits per heavy atom. The van der Waals surface area contributed by atoms with Crippen LogP contribution in [0.3, 0.4) is 0 Å². The van der Waals surface area contributed by atoms with Gasteiger partial charge in [0.15, 0.2) is 8.07 Å². The van der Waals surface area contributed by atoms with Crippen LogP contribution >= 0.6 is 0 Å². The number of benzene rings is 15. The van der Waals surface area contributed by atoms with Gasteiger partial charge in [-0.2, -0.15) is 0 Å². The fraction of sp³-hybridized carbons (Fsp3) is 0.0816. The number of hydrogen-bond donors (Lipinski definition) is 0. The van der Waals surface area contributed by atoms with E-state index in [1.165, 1.54) is 76.2 Å². The summed E-state index contributed by atoms with van der Waals surface area (Å²) in [6.07, 6.45) is 0. The predicted molar refractivity (Wildman–Crippen MR) is 440 cm³/mol. The largest absolute Gasteiger partial charge is 0.310 e. The third-order valence-corrected chi connectivity index (χ3v) is 26.1. The number of hydrogen-bond acceptors (Lipinski definition) is 2. The lowest BCUT2D eigenvalue weighted by molar-refractivity contribution is 0.590. The van der Waals surface area contributed by atoms with Crippen molar-refractivity contribution in [1.29, 1.82) is 0 Å². The van der Waals surface area contributed by atoms with E-state index in [2.05, 4.69) is 421 Å². The van der Waals surface area contributed by atoms with E-state index in [9.17, 15) is 0 Å². The molecule has 0 atom stereocenters. The van der Waals surface area contributed by atoms with E-state index in [1.54, 1.807) is 0 Å². The summed E-state index contributed by atoms with van der Waals surface area (Å²) in [5.41, 5.74) is 28.9. The molecule has 0 aromatic heterocycles. The highest BCUT2D eigenvalue weighted by Crippen LogP contribution is 2.55. The van der Waals surface area contributed by atoms with Crippen molar-refractivity contribution in [1.82, 2.24) is 0 Å². The predicted octanol–water partition coefficient (Wildman–Crippen LogP) is 21.4. The molecular weight excluding hydrogens is 1240 g/mol. The normalized spacial score (nSPS) is 12.5. The van der Waals surface area contributed by atoms with Gasteiger partial charge in [0.1, 0.15) is 0 Å². The van der Waals surface area contributed by atoms with Crippen molar-refractivity contribution >= 4 is 86.0 Å². The topological polar surface area (TPSA) is 6.48 Å². The summed E-state index contributed by atoms with van der Waals surface area (Å²) in [6.45, 7) is 14.0. The van der Waals surface area contributed by atoms with Crippen molar-refractivity contribution in [2.45, 2.75) is 52.4 Å². The summed E-state index contributed by atoms with van der Waals surface area (Å²) in [6, 6.07) is 140. The molecule has 0 radical (unpaired) electrons. The molecule has 2 nitrogen and oxygen atoms in total. The molecule has 2 heterocycles. The van der Waals surface area contributed by atoms with Gasteiger partial charge in [-0.1, -0.05) is 363 Å². The van der Waals surface area contributed by atoms with E-state index >= 15 is 0 Å². The second-order valence-electron chi connectivity index (χ2n) is 29.5. The maximum absolute atomic E-state index is 2.84. The van der Waals surface area contributed by atoms with Crippen LogP contribution < -0.4 is 46.9 Å². The number of fused-ring (bicyclic) bond motifs is 4. The first-order valence-electron chi connectivity index (χ1n) is 35.9. The van der Waals surface area contributed by atoms with Gasteiger partial charge in [0.25, 0.3) is 6.71 Å². The molecule has 0 fully saturated rings. The fourth-order valence-corrected chi connectivity index (χ4v) is 21.0. The van der Waals surface area contributed by atoms with Crippen LogP contribution in [0.1, 0.15) is 52.7 Å². The number of nitrogens with zero attached hydrogens (tertiary/aromatic N) is 2. The number of rotatable bonds is 13. The van der Waals surface area contributed by atoms with Gasteiger partial charge in [-0.3, -0.25) is 0 Å². The van der Waals surface area contributed by atoms with Gasteiger partial charge in [0.2, 0.25) is 0 Å². The van der Waals surface area contributed by atoms with E-state index in [0.29, 0.717) is 0 Å². The van der Waals surface area contributed by atoms with Crippen LogP contribution in [0.5, 0.6) is 0 Å².